The molecule has 0 aliphatic carbocycles. The first-order valence-electron chi connectivity index (χ1n) is 36.5. The second-order valence-corrected chi connectivity index (χ2v) is 26.5. The van der Waals surface area contributed by atoms with E-state index in [1.807, 2.05) is 0 Å². The van der Waals surface area contributed by atoms with Crippen LogP contribution in [0.5, 0.6) is 0 Å². The van der Waals surface area contributed by atoms with Gasteiger partial charge < -0.3 is 9.13 Å². The lowest BCUT2D eigenvalue weighted by Gasteiger charge is -2.18. The molecule has 11 aromatic rings. The molecule has 0 aliphatic rings. The van der Waals surface area contributed by atoms with Crippen molar-refractivity contribution < 1.29 is 0 Å². The van der Waals surface area contributed by atoms with Crippen LogP contribution in [0.4, 0.5) is 0 Å². The van der Waals surface area contributed by atoms with Crippen LogP contribution in [0, 0.1) is 0 Å². The molecule has 0 bridgehead atoms. The van der Waals surface area contributed by atoms with Crippen molar-refractivity contribution in [1.29, 1.82) is 0 Å². The van der Waals surface area contributed by atoms with E-state index in [0.29, 0.717) is 0 Å². The highest BCUT2D eigenvalue weighted by atomic mass is 15.0. The quantitative estimate of drug-likeness (QED) is 0.0270. The summed E-state index contributed by atoms with van der Waals surface area (Å²) in [7, 11) is 0. The summed E-state index contributed by atoms with van der Waals surface area (Å²) in [6.07, 6.45) is 37.9. The largest absolute Gasteiger partial charge is 0.340 e. The number of nitrogens with zero attached hydrogens (tertiary/aromatic N) is 2. The van der Waals surface area contributed by atoms with E-state index in [2.05, 4.69) is 254 Å². The normalized spacial score (nSPS) is 11.6. The third-order valence-corrected chi connectivity index (χ3v) is 19.8. The molecule has 0 spiro atoms. The molecule has 0 unspecified atom stereocenters. The topological polar surface area (TPSA) is 9.86 Å². The lowest BCUT2D eigenvalue weighted by atomic mass is 9.85. The van der Waals surface area contributed by atoms with Gasteiger partial charge in [-0.2, -0.15) is 0 Å². The highest BCUT2D eigenvalue weighted by molar-refractivity contribution is 6.19. The van der Waals surface area contributed by atoms with Gasteiger partial charge in [-0.3, -0.25) is 0 Å². The van der Waals surface area contributed by atoms with Crippen LogP contribution in [0.3, 0.4) is 0 Å². The summed E-state index contributed by atoms with van der Waals surface area (Å²) in [5.74, 6) is 0. The summed E-state index contributed by atoms with van der Waals surface area (Å²) in [6, 6.07) is 86.7. The summed E-state index contributed by atoms with van der Waals surface area (Å²) in [4.78, 5) is 0. The average Bonchev–Trinajstić information content (AvgIpc) is 1.56. The molecule has 0 amide bonds. The Morgan fingerprint density at radius 3 is 0.663 bits per heavy atom. The van der Waals surface area contributed by atoms with E-state index in [4.69, 9.17) is 0 Å². The molecule has 0 aliphatic heterocycles. The van der Waals surface area contributed by atoms with Gasteiger partial charge in [-0.1, -0.05) is 387 Å². The van der Waals surface area contributed by atoms with Crippen LogP contribution in [0.15, 0.2) is 231 Å². The molecule has 2 aromatic heterocycles. The Balaban J connectivity index is 1.00. The number of rotatable bonds is 38. The molecular formula is C90H104N2. The van der Waals surface area contributed by atoms with Crippen LogP contribution in [0.2, 0.25) is 0 Å². The van der Waals surface area contributed by atoms with Crippen molar-refractivity contribution in [1.82, 2.24) is 9.13 Å². The second-order valence-electron chi connectivity index (χ2n) is 26.5. The molecule has 92 heavy (non-hydrogen) atoms. The third kappa shape index (κ3) is 17.0. The highest BCUT2D eigenvalue weighted by Crippen LogP contribution is 2.44. The van der Waals surface area contributed by atoms with Gasteiger partial charge in [0.05, 0.1) is 11.0 Å². The maximum Gasteiger partial charge on any atom is 0.0512 e. The lowest BCUT2D eigenvalue weighted by molar-refractivity contribution is 0.527. The van der Waals surface area contributed by atoms with E-state index in [1.165, 1.54) is 277 Å². The number of unbranched alkanes of at least 4 members (excludes halogenated alkanes) is 26. The van der Waals surface area contributed by atoms with Crippen LogP contribution in [-0.2, 0) is 13.1 Å². The van der Waals surface area contributed by atoms with Gasteiger partial charge in [0.15, 0.2) is 0 Å². The molecule has 0 N–H and O–H groups in total. The van der Waals surface area contributed by atoms with Gasteiger partial charge in [0, 0.05) is 45.7 Å². The van der Waals surface area contributed by atoms with Gasteiger partial charge in [-0.05, 0) is 104 Å². The molecule has 0 saturated heterocycles. The van der Waals surface area contributed by atoms with E-state index < -0.39 is 0 Å². The minimum Gasteiger partial charge on any atom is -0.340 e. The van der Waals surface area contributed by atoms with Crippen LogP contribution < -0.4 is 0 Å². The molecule has 2 nitrogen and oxygen atoms in total. The number of aryl methyl sites for hydroxylation is 2. The summed E-state index contributed by atoms with van der Waals surface area (Å²) in [5.41, 5.74) is 20.2. The Labute approximate surface area is 553 Å². The predicted octanol–water partition coefficient (Wildman–Crippen LogP) is 26.9. The molecule has 2 heterocycles. The van der Waals surface area contributed by atoms with E-state index in [-0.39, 0.29) is 0 Å². The maximum atomic E-state index is 2.74. The molecule has 0 radical (unpaired) electrons. The SMILES string of the molecule is CCCCCCCCCCCCCCCCn1c2cc(C(=C(c3ccccc3)c3ccccc3)c3ccccc3)ccc2c2cc3c4ccc(C(=C(c5ccccc5)c5ccccc5)c5ccccc5)cc4n(CCCCCCCCCCCCCCCC)c3cc21. The zero-order chi connectivity index (χ0) is 62.8. The Bertz CT molecular complexity index is 3690. The number of fused-ring (bicyclic) bond motifs is 6. The zero-order valence-corrected chi connectivity index (χ0v) is 56.0. The molecule has 2 heteroatoms. The predicted molar refractivity (Wildman–Crippen MR) is 402 cm³/mol. The van der Waals surface area contributed by atoms with Crippen molar-refractivity contribution in [2.45, 2.75) is 207 Å². The number of hydrogen-bond acceptors (Lipinski definition) is 0. The monoisotopic (exact) mass is 1210 g/mol. The Kier molecular flexibility index (Phi) is 25.1. The van der Waals surface area contributed by atoms with Gasteiger partial charge in [0.1, 0.15) is 0 Å². The van der Waals surface area contributed by atoms with Crippen molar-refractivity contribution in [2.75, 3.05) is 0 Å². The van der Waals surface area contributed by atoms with Crippen molar-refractivity contribution in [3.8, 4) is 0 Å². The first-order valence-corrected chi connectivity index (χ1v) is 36.5. The number of benzene rings is 9. The standard InChI is InChI=1S/C90H104N2/c1-3-5-7-9-11-13-15-17-19-21-23-25-27-47-65-91-83-67-77(89(75-57-43-33-44-58-75)87(71-49-35-29-36-50-71)72-51-37-30-38-52-72)61-63-79(83)81-69-82-80-64-62-78(90(76-59-45-34-46-60-76)88(73-53-39-31-40-54-73)74-55-41-32-42-56-74)68-84(80)92(86(82)70-85(81)91)66-48-28-26-24-22-20-18-16-14-12-10-8-6-4-2/h29-46,49-64,67-70H,3-28,47-48,65-66H2,1-2H3. The second kappa shape index (κ2) is 35.2. The van der Waals surface area contributed by atoms with Gasteiger partial charge in [0.2, 0.25) is 0 Å². The van der Waals surface area contributed by atoms with Crippen molar-refractivity contribution in [3.63, 3.8) is 0 Å². The van der Waals surface area contributed by atoms with Crippen molar-refractivity contribution in [2.24, 2.45) is 0 Å². The van der Waals surface area contributed by atoms with Gasteiger partial charge in [-0.25, -0.2) is 0 Å². The Morgan fingerprint density at radius 1 is 0.196 bits per heavy atom. The highest BCUT2D eigenvalue weighted by Gasteiger charge is 2.23. The smallest absolute Gasteiger partial charge is 0.0512 e. The summed E-state index contributed by atoms with van der Waals surface area (Å²) >= 11 is 0. The van der Waals surface area contributed by atoms with E-state index >= 15 is 0 Å². The minimum absolute atomic E-state index is 0.984. The van der Waals surface area contributed by atoms with E-state index in [9.17, 15) is 0 Å². The third-order valence-electron chi connectivity index (χ3n) is 19.8. The Morgan fingerprint density at radius 2 is 0.413 bits per heavy atom. The van der Waals surface area contributed by atoms with Gasteiger partial charge in [-0.15, -0.1) is 0 Å². The molecule has 11 rings (SSSR count). The fourth-order valence-corrected chi connectivity index (χ4v) is 14.9. The van der Waals surface area contributed by atoms with Gasteiger partial charge >= 0.3 is 0 Å². The summed E-state index contributed by atoms with van der Waals surface area (Å²) < 4.78 is 5.48. The number of hydrogen-bond donors (Lipinski definition) is 0. The molecule has 0 fully saturated rings. The lowest BCUT2D eigenvalue weighted by Crippen LogP contribution is -2.01. The van der Waals surface area contributed by atoms with Crippen LogP contribution >= 0.6 is 0 Å². The molecular weight excluding hydrogens is 1110 g/mol. The fourth-order valence-electron chi connectivity index (χ4n) is 14.9. The van der Waals surface area contributed by atoms with Crippen LogP contribution in [-0.4, -0.2) is 9.13 Å². The number of aromatic nitrogens is 2. The molecule has 9 aromatic carbocycles. The fraction of sp³-hybridized carbons (Fsp3) is 0.356. The maximum absolute atomic E-state index is 2.74. The average molecular weight is 1210 g/mol. The summed E-state index contributed by atoms with van der Waals surface area (Å²) in [6.45, 7) is 6.60. The van der Waals surface area contributed by atoms with Crippen molar-refractivity contribution in [3.05, 3.63) is 275 Å². The van der Waals surface area contributed by atoms with E-state index in [1.54, 1.807) is 0 Å². The van der Waals surface area contributed by atoms with Crippen molar-refractivity contribution >= 4 is 65.9 Å². The first-order chi connectivity index (χ1) is 45.7. The minimum atomic E-state index is 0.984. The van der Waals surface area contributed by atoms with Gasteiger partial charge in [0.25, 0.3) is 0 Å². The van der Waals surface area contributed by atoms with Crippen LogP contribution in [0.1, 0.15) is 238 Å². The molecule has 474 valence electrons. The van der Waals surface area contributed by atoms with E-state index in [0.717, 1.165) is 25.9 Å². The first kappa shape index (κ1) is 65.5. The zero-order valence-electron chi connectivity index (χ0n) is 56.0. The molecule has 0 atom stereocenters. The van der Waals surface area contributed by atoms with Crippen LogP contribution in [0.25, 0.3) is 65.9 Å². The Hall–Kier alpha value is -7.94. The summed E-state index contributed by atoms with van der Waals surface area (Å²) in [5, 5.41) is 5.36. The molecule has 0 saturated carbocycles.